The molecule has 4 rings (SSSR count). The third-order valence-corrected chi connectivity index (χ3v) is 6.48. The van der Waals surface area contributed by atoms with E-state index in [0.29, 0.717) is 16.5 Å². The summed E-state index contributed by atoms with van der Waals surface area (Å²) in [6, 6.07) is 4.47. The normalized spacial score (nSPS) is 15.3. The Balaban J connectivity index is 1.38. The van der Waals surface area contributed by atoms with Crippen LogP contribution in [-0.2, 0) is 19.3 Å². The van der Waals surface area contributed by atoms with Gasteiger partial charge in [-0.1, -0.05) is 18.3 Å². The molecule has 1 aliphatic heterocycles. The Hall–Kier alpha value is -2.92. The number of likely N-dealkylation sites (N-methyl/N-ethyl adjacent to an activating group) is 1. The number of nitrogens with one attached hydrogen (secondary N) is 2. The molecule has 1 aromatic carbocycles. The van der Waals surface area contributed by atoms with Gasteiger partial charge in [0.25, 0.3) is 5.91 Å². The second kappa shape index (κ2) is 8.91. The highest BCUT2D eigenvalue weighted by Crippen LogP contribution is 2.31. The molecule has 7 nitrogen and oxygen atoms in total. The molecule has 0 radical (unpaired) electrons. The summed E-state index contributed by atoms with van der Waals surface area (Å²) >= 11 is 1.33. The molecule has 170 valence electrons. The fraction of sp³-hybridized carbons (Fsp3) is 0.381. The van der Waals surface area contributed by atoms with Crippen molar-refractivity contribution in [3.05, 3.63) is 58.6 Å². The maximum absolute atomic E-state index is 12.8. The summed E-state index contributed by atoms with van der Waals surface area (Å²) in [6.07, 6.45) is -1.11. The Labute approximate surface area is 187 Å². The van der Waals surface area contributed by atoms with Gasteiger partial charge in [0, 0.05) is 29.9 Å². The van der Waals surface area contributed by atoms with Gasteiger partial charge in [-0.3, -0.25) is 9.69 Å². The number of fused-ring (bicyclic) bond motifs is 1. The van der Waals surface area contributed by atoms with Crippen molar-refractivity contribution in [2.24, 2.45) is 0 Å². The number of hydrogen-bond acceptors (Lipinski definition) is 6. The molecule has 1 unspecified atom stereocenters. The number of amides is 1. The molecule has 1 atom stereocenters. The lowest BCUT2D eigenvalue weighted by Crippen LogP contribution is -2.36. The van der Waals surface area contributed by atoms with Gasteiger partial charge in [0.2, 0.25) is 0 Å². The van der Waals surface area contributed by atoms with Crippen LogP contribution in [0.3, 0.4) is 0 Å². The molecular weight excluding hydrogens is 441 g/mol. The van der Waals surface area contributed by atoms with Gasteiger partial charge in [0.1, 0.15) is 11.5 Å². The van der Waals surface area contributed by atoms with E-state index in [-0.39, 0.29) is 11.9 Å². The number of benzene rings is 1. The number of anilines is 2. The van der Waals surface area contributed by atoms with Gasteiger partial charge >= 0.3 is 6.18 Å². The molecule has 0 saturated heterocycles. The van der Waals surface area contributed by atoms with Crippen LogP contribution in [0.15, 0.2) is 36.7 Å². The molecule has 0 fully saturated rings. The van der Waals surface area contributed by atoms with Gasteiger partial charge in [0.05, 0.1) is 24.3 Å². The largest absolute Gasteiger partial charge is 0.416 e. The molecule has 0 bridgehead atoms. The summed E-state index contributed by atoms with van der Waals surface area (Å²) < 4.78 is 40.1. The molecule has 11 heteroatoms. The molecule has 0 spiro atoms. The van der Waals surface area contributed by atoms with E-state index >= 15 is 0 Å². The highest BCUT2D eigenvalue weighted by Gasteiger charge is 2.30. The maximum Gasteiger partial charge on any atom is 0.416 e. The number of carbonyl (C=O) groups is 1. The zero-order valence-electron chi connectivity index (χ0n) is 17.6. The number of nitrogens with zero attached hydrogens (tertiary/aromatic N) is 4. The summed E-state index contributed by atoms with van der Waals surface area (Å²) in [6.45, 7) is 7.24. The lowest BCUT2D eigenvalue weighted by atomic mass is 10.2. The van der Waals surface area contributed by atoms with Crippen molar-refractivity contribution in [1.29, 1.82) is 0 Å². The topological polar surface area (TPSA) is 75.1 Å². The monoisotopic (exact) mass is 464 g/mol. The lowest BCUT2D eigenvalue weighted by Gasteiger charge is -2.27. The third-order valence-electron chi connectivity index (χ3n) is 5.38. The Morgan fingerprint density at radius 1 is 1.19 bits per heavy atom. The van der Waals surface area contributed by atoms with Gasteiger partial charge in [-0.05, 0) is 37.7 Å². The molecule has 1 amide bonds. The Bertz CT molecular complexity index is 1090. The van der Waals surface area contributed by atoms with Gasteiger partial charge in [0.15, 0.2) is 5.13 Å². The highest BCUT2D eigenvalue weighted by molar-refractivity contribution is 7.15. The van der Waals surface area contributed by atoms with E-state index < -0.39 is 11.7 Å². The number of aromatic nitrogens is 3. The molecule has 0 saturated carbocycles. The molecule has 2 N–H and O–H groups in total. The van der Waals surface area contributed by atoms with E-state index in [1.807, 2.05) is 11.5 Å². The van der Waals surface area contributed by atoms with Crippen LogP contribution in [0.4, 0.5) is 24.0 Å². The number of imidazole rings is 1. The first kappa shape index (κ1) is 22.3. The minimum absolute atomic E-state index is 0.202. The average molecular weight is 465 g/mol. The molecule has 3 aromatic rings. The summed E-state index contributed by atoms with van der Waals surface area (Å²) in [4.78, 5) is 24.6. The number of rotatable bonds is 6. The second-order valence-corrected chi connectivity index (χ2v) is 8.61. The third kappa shape index (κ3) is 4.78. The van der Waals surface area contributed by atoms with Crippen molar-refractivity contribution < 1.29 is 18.0 Å². The SMILES string of the molecule is CCN1CCn2c(C(=O)NC(C)c3cnc(Nc4ccc(C(F)(F)F)cc4)s3)cnc2C1. The Kier molecular flexibility index (Phi) is 6.20. The second-order valence-electron chi connectivity index (χ2n) is 7.54. The maximum atomic E-state index is 12.8. The fourth-order valence-corrected chi connectivity index (χ4v) is 4.35. The zero-order chi connectivity index (χ0) is 22.9. The predicted molar refractivity (Wildman–Crippen MR) is 116 cm³/mol. The zero-order valence-corrected chi connectivity index (χ0v) is 18.4. The highest BCUT2D eigenvalue weighted by atomic mass is 32.1. The van der Waals surface area contributed by atoms with Crippen LogP contribution < -0.4 is 10.6 Å². The van der Waals surface area contributed by atoms with E-state index in [9.17, 15) is 18.0 Å². The number of hydrogen-bond donors (Lipinski definition) is 2. The fourth-order valence-electron chi connectivity index (χ4n) is 3.51. The van der Waals surface area contributed by atoms with E-state index in [1.54, 1.807) is 12.4 Å². The van der Waals surface area contributed by atoms with Crippen LogP contribution in [0.1, 0.15) is 46.6 Å². The van der Waals surface area contributed by atoms with Gasteiger partial charge in [-0.15, -0.1) is 0 Å². The lowest BCUT2D eigenvalue weighted by molar-refractivity contribution is -0.137. The molecule has 3 heterocycles. The van der Waals surface area contributed by atoms with Crippen LogP contribution in [0.5, 0.6) is 0 Å². The van der Waals surface area contributed by atoms with E-state index in [2.05, 4.69) is 32.4 Å². The van der Waals surface area contributed by atoms with Crippen LogP contribution in [0.25, 0.3) is 0 Å². The first-order valence-electron chi connectivity index (χ1n) is 10.2. The van der Waals surface area contributed by atoms with Crippen molar-refractivity contribution in [2.75, 3.05) is 18.4 Å². The van der Waals surface area contributed by atoms with Crippen molar-refractivity contribution >= 4 is 28.1 Å². The molecule has 1 aliphatic rings. The quantitative estimate of drug-likeness (QED) is 0.565. The van der Waals surface area contributed by atoms with Crippen LogP contribution in [0, 0.1) is 0 Å². The summed E-state index contributed by atoms with van der Waals surface area (Å²) in [5, 5.41) is 6.51. The molecule has 32 heavy (non-hydrogen) atoms. The number of halogens is 3. The summed E-state index contributed by atoms with van der Waals surface area (Å²) in [7, 11) is 0. The van der Waals surface area contributed by atoms with Crippen molar-refractivity contribution in [2.45, 2.75) is 39.2 Å². The van der Waals surface area contributed by atoms with Gasteiger partial charge in [-0.25, -0.2) is 9.97 Å². The Morgan fingerprint density at radius 2 is 1.94 bits per heavy atom. The average Bonchev–Trinajstić information content (AvgIpc) is 3.40. The van der Waals surface area contributed by atoms with Gasteiger partial charge < -0.3 is 15.2 Å². The number of alkyl halides is 3. The minimum atomic E-state index is -4.37. The number of carbonyl (C=O) groups excluding carboxylic acids is 1. The smallest absolute Gasteiger partial charge is 0.343 e. The van der Waals surface area contributed by atoms with Crippen LogP contribution in [-0.4, -0.2) is 38.4 Å². The predicted octanol–water partition coefficient (Wildman–Crippen LogP) is 4.43. The first-order chi connectivity index (χ1) is 15.2. The van der Waals surface area contributed by atoms with E-state index in [4.69, 9.17) is 0 Å². The Morgan fingerprint density at radius 3 is 2.62 bits per heavy atom. The number of thiazole rings is 1. The first-order valence-corrected chi connectivity index (χ1v) is 11.0. The molecular formula is C21H23F3N6OS. The van der Waals surface area contributed by atoms with Crippen molar-refractivity contribution in [3.63, 3.8) is 0 Å². The van der Waals surface area contributed by atoms with Crippen LogP contribution >= 0.6 is 11.3 Å². The van der Waals surface area contributed by atoms with Crippen molar-refractivity contribution in [3.8, 4) is 0 Å². The molecule has 0 aliphatic carbocycles. The van der Waals surface area contributed by atoms with Crippen molar-refractivity contribution in [1.82, 2.24) is 24.8 Å². The van der Waals surface area contributed by atoms with Gasteiger partial charge in [-0.2, -0.15) is 13.2 Å². The van der Waals surface area contributed by atoms with E-state index in [1.165, 1.54) is 23.5 Å². The molecule has 2 aromatic heterocycles. The minimum Gasteiger partial charge on any atom is -0.343 e. The standard InChI is InChI=1S/C21H23F3N6OS/c1-3-29-8-9-30-16(10-25-18(30)12-29)19(31)27-13(2)17-11-26-20(32-17)28-15-6-4-14(5-7-15)21(22,23)24/h4-7,10-11,13H,3,8-9,12H2,1-2H3,(H,26,28)(H,27,31). The summed E-state index contributed by atoms with van der Waals surface area (Å²) in [5.74, 6) is 0.684. The summed E-state index contributed by atoms with van der Waals surface area (Å²) in [5.41, 5.74) is 0.335. The van der Waals surface area contributed by atoms with E-state index in [0.717, 1.165) is 49.0 Å². The van der Waals surface area contributed by atoms with Crippen LogP contribution in [0.2, 0.25) is 0 Å².